The topological polar surface area (TPSA) is 39.8 Å². The van der Waals surface area contributed by atoms with Gasteiger partial charge in [-0.2, -0.15) is 5.10 Å². The van der Waals surface area contributed by atoms with Crippen LogP contribution >= 0.6 is 0 Å². The maximum absolute atomic E-state index is 13.3. The molecule has 0 aliphatic carbocycles. The highest BCUT2D eigenvalue weighted by atomic mass is 16.1. The number of benzene rings is 2. The van der Waals surface area contributed by atoms with E-state index in [4.69, 9.17) is 0 Å². The molecule has 0 amide bonds. The maximum Gasteiger partial charge on any atom is 0.264 e. The first-order chi connectivity index (χ1) is 13.1. The van der Waals surface area contributed by atoms with E-state index in [0.29, 0.717) is 5.39 Å². The molecule has 0 radical (unpaired) electrons. The monoisotopic (exact) mass is 353 g/mol. The van der Waals surface area contributed by atoms with Crippen molar-refractivity contribution in [2.24, 2.45) is 7.05 Å². The van der Waals surface area contributed by atoms with E-state index in [2.05, 4.69) is 16.9 Å². The van der Waals surface area contributed by atoms with Crippen LogP contribution in [-0.2, 0) is 7.05 Å². The van der Waals surface area contributed by atoms with E-state index in [1.807, 2.05) is 75.5 Å². The summed E-state index contributed by atoms with van der Waals surface area (Å²) >= 11 is 0. The first-order valence-corrected chi connectivity index (χ1v) is 8.77. The summed E-state index contributed by atoms with van der Waals surface area (Å²) in [7, 11) is 1.89. The molecule has 4 rings (SSSR count). The maximum atomic E-state index is 13.3. The average Bonchev–Trinajstić information content (AvgIpc) is 2.99. The van der Waals surface area contributed by atoms with Crippen LogP contribution in [0.15, 0.2) is 65.6 Å². The molecule has 0 N–H and O–H groups in total. The number of fused-ring (bicyclic) bond motifs is 1. The molecule has 4 nitrogen and oxygen atoms in total. The molecule has 2 aromatic carbocycles. The lowest BCUT2D eigenvalue weighted by molar-refractivity contribution is 0.740. The zero-order valence-corrected chi connectivity index (χ0v) is 15.5. The molecule has 4 heteroatoms. The van der Waals surface area contributed by atoms with Crippen LogP contribution in [0.3, 0.4) is 0 Å². The Balaban J connectivity index is 1.96. The zero-order valence-electron chi connectivity index (χ0n) is 15.5. The van der Waals surface area contributed by atoms with Gasteiger partial charge in [-0.3, -0.25) is 14.0 Å². The van der Waals surface area contributed by atoms with Crippen molar-refractivity contribution >= 4 is 10.8 Å². The Bertz CT molecular complexity index is 1270. The van der Waals surface area contributed by atoms with Gasteiger partial charge in [-0.1, -0.05) is 42.2 Å². The van der Waals surface area contributed by atoms with Gasteiger partial charge in [0.25, 0.3) is 5.56 Å². The van der Waals surface area contributed by atoms with Gasteiger partial charge < -0.3 is 0 Å². The summed E-state index contributed by atoms with van der Waals surface area (Å²) in [6.07, 6.45) is 1.75. The van der Waals surface area contributed by atoms with E-state index in [0.717, 1.165) is 33.6 Å². The average molecular weight is 353 g/mol. The van der Waals surface area contributed by atoms with Crippen LogP contribution in [0.1, 0.15) is 22.5 Å². The third-order valence-corrected chi connectivity index (χ3v) is 4.81. The highest BCUT2D eigenvalue weighted by Gasteiger charge is 2.11. The minimum Gasteiger partial charge on any atom is -0.281 e. The van der Waals surface area contributed by atoms with Crippen molar-refractivity contribution in [1.82, 2.24) is 14.3 Å². The van der Waals surface area contributed by atoms with Crippen LogP contribution in [0.5, 0.6) is 0 Å². The first-order valence-electron chi connectivity index (χ1n) is 8.77. The van der Waals surface area contributed by atoms with Gasteiger partial charge in [-0.15, -0.1) is 0 Å². The van der Waals surface area contributed by atoms with E-state index >= 15 is 0 Å². The predicted molar refractivity (Wildman–Crippen MR) is 108 cm³/mol. The normalized spacial score (nSPS) is 10.6. The number of rotatable bonds is 1. The number of pyridine rings is 1. The minimum atomic E-state index is -0.0518. The van der Waals surface area contributed by atoms with E-state index in [1.54, 1.807) is 15.4 Å². The van der Waals surface area contributed by atoms with Gasteiger partial charge in [0.15, 0.2) is 0 Å². The molecule has 2 aromatic heterocycles. The van der Waals surface area contributed by atoms with Crippen molar-refractivity contribution in [2.45, 2.75) is 13.8 Å². The van der Waals surface area contributed by atoms with Gasteiger partial charge in [0.05, 0.1) is 22.8 Å². The van der Waals surface area contributed by atoms with Crippen molar-refractivity contribution in [2.75, 3.05) is 0 Å². The van der Waals surface area contributed by atoms with Crippen LogP contribution in [0.25, 0.3) is 16.5 Å². The summed E-state index contributed by atoms with van der Waals surface area (Å²) in [5.74, 6) is 6.34. The molecule has 0 aliphatic rings. The van der Waals surface area contributed by atoms with Gasteiger partial charge in [-0.25, -0.2) is 0 Å². The molecule has 0 bridgehead atoms. The first kappa shape index (κ1) is 16.9. The third-order valence-electron chi connectivity index (χ3n) is 4.81. The zero-order chi connectivity index (χ0) is 19.0. The fourth-order valence-electron chi connectivity index (χ4n) is 3.25. The molecular weight excluding hydrogens is 334 g/mol. The fourth-order valence-corrected chi connectivity index (χ4v) is 3.25. The second-order valence-electron chi connectivity index (χ2n) is 6.55. The Morgan fingerprint density at radius 1 is 0.926 bits per heavy atom. The van der Waals surface area contributed by atoms with Crippen LogP contribution in [0.4, 0.5) is 0 Å². The SMILES string of the molecule is Cc1c(C#Cc2cccc3cc(C)n(-c4ccccc4)c(=O)c23)cnn1C. The standard InChI is InChI=1S/C23H19N3O/c1-16-14-19-9-7-8-18(12-13-20-15-24-25(3)17(20)2)22(19)23(27)26(16)21-10-5-4-6-11-21/h4-11,14-15H,1-3H3. The van der Waals surface area contributed by atoms with Crippen molar-refractivity contribution in [3.8, 4) is 17.5 Å². The van der Waals surface area contributed by atoms with Crippen molar-refractivity contribution in [1.29, 1.82) is 0 Å². The third kappa shape index (κ3) is 2.94. The summed E-state index contributed by atoms with van der Waals surface area (Å²) < 4.78 is 3.53. The van der Waals surface area contributed by atoms with E-state index in [-0.39, 0.29) is 5.56 Å². The summed E-state index contributed by atoms with van der Waals surface area (Å²) in [6, 6.07) is 17.5. The van der Waals surface area contributed by atoms with Gasteiger partial charge in [0, 0.05) is 24.0 Å². The number of hydrogen-bond donors (Lipinski definition) is 0. The van der Waals surface area contributed by atoms with Crippen LogP contribution in [0, 0.1) is 25.7 Å². The molecule has 0 unspecified atom stereocenters. The lowest BCUT2D eigenvalue weighted by Crippen LogP contribution is -2.21. The van der Waals surface area contributed by atoms with Crippen molar-refractivity contribution in [3.63, 3.8) is 0 Å². The molecule has 0 spiro atoms. The largest absolute Gasteiger partial charge is 0.281 e. The Morgan fingerprint density at radius 3 is 2.37 bits per heavy atom. The van der Waals surface area contributed by atoms with Gasteiger partial charge >= 0.3 is 0 Å². The van der Waals surface area contributed by atoms with E-state index in [1.165, 1.54) is 0 Å². The molecule has 0 saturated heterocycles. The molecule has 0 aliphatic heterocycles. The molecule has 27 heavy (non-hydrogen) atoms. The van der Waals surface area contributed by atoms with Gasteiger partial charge in [0.2, 0.25) is 0 Å². The number of nitrogens with zero attached hydrogens (tertiary/aromatic N) is 3. The van der Waals surface area contributed by atoms with Gasteiger partial charge in [0.1, 0.15) is 0 Å². The van der Waals surface area contributed by atoms with Crippen LogP contribution in [-0.4, -0.2) is 14.3 Å². The number of hydrogen-bond acceptors (Lipinski definition) is 2. The molecule has 0 atom stereocenters. The summed E-state index contributed by atoms with van der Waals surface area (Å²) in [5.41, 5.74) is 4.29. The molecule has 4 aromatic rings. The Kier molecular flexibility index (Phi) is 4.13. The second-order valence-corrected chi connectivity index (χ2v) is 6.55. The van der Waals surface area contributed by atoms with Crippen LogP contribution < -0.4 is 5.56 Å². The smallest absolute Gasteiger partial charge is 0.264 e. The second kappa shape index (κ2) is 6.62. The Labute approximate surface area is 157 Å². The molecule has 0 saturated carbocycles. The fraction of sp³-hybridized carbons (Fsp3) is 0.130. The van der Waals surface area contributed by atoms with Crippen molar-refractivity contribution in [3.05, 3.63) is 93.7 Å². The number of para-hydroxylation sites is 1. The minimum absolute atomic E-state index is 0.0518. The Morgan fingerprint density at radius 2 is 1.67 bits per heavy atom. The van der Waals surface area contributed by atoms with E-state index < -0.39 is 0 Å². The lowest BCUT2D eigenvalue weighted by atomic mass is 10.0. The Hall–Kier alpha value is -3.58. The van der Waals surface area contributed by atoms with E-state index in [9.17, 15) is 4.79 Å². The number of aromatic nitrogens is 3. The molecule has 2 heterocycles. The summed E-state index contributed by atoms with van der Waals surface area (Å²) in [6.45, 7) is 3.93. The summed E-state index contributed by atoms with van der Waals surface area (Å²) in [5, 5.41) is 5.76. The van der Waals surface area contributed by atoms with Gasteiger partial charge in [-0.05, 0) is 43.5 Å². The number of aryl methyl sites for hydroxylation is 2. The molecular formula is C23H19N3O. The summed E-state index contributed by atoms with van der Waals surface area (Å²) in [4.78, 5) is 13.3. The lowest BCUT2D eigenvalue weighted by Gasteiger charge is -2.12. The molecule has 0 fully saturated rings. The highest BCUT2D eigenvalue weighted by Crippen LogP contribution is 2.19. The predicted octanol–water partition coefficient (Wildman–Crippen LogP) is 3.74. The van der Waals surface area contributed by atoms with Crippen LogP contribution in [0.2, 0.25) is 0 Å². The highest BCUT2D eigenvalue weighted by molar-refractivity contribution is 5.88. The quantitative estimate of drug-likeness (QED) is 0.489. The molecule has 132 valence electrons. The van der Waals surface area contributed by atoms with Crippen molar-refractivity contribution < 1.29 is 0 Å².